The highest BCUT2D eigenvalue weighted by atomic mass is 16.1. The summed E-state index contributed by atoms with van der Waals surface area (Å²) in [5.74, 6) is -0.0460. The number of nitrogens with two attached hydrogens (primary N) is 1. The predicted octanol–water partition coefficient (Wildman–Crippen LogP) is 2.71. The van der Waals surface area contributed by atoms with Crippen LogP contribution >= 0.6 is 0 Å². The summed E-state index contributed by atoms with van der Waals surface area (Å²) in [6, 6.07) is 7.64. The quantitative estimate of drug-likeness (QED) is 0.594. The van der Waals surface area contributed by atoms with Crippen molar-refractivity contribution in [2.45, 2.75) is 57.7 Å². The van der Waals surface area contributed by atoms with Gasteiger partial charge >= 0.3 is 0 Å². The summed E-state index contributed by atoms with van der Waals surface area (Å²) in [6.07, 6.45) is 5.26. The van der Waals surface area contributed by atoms with Gasteiger partial charge in [0.25, 0.3) is 0 Å². The molecule has 1 aliphatic rings. The molecule has 1 aromatic carbocycles. The molecule has 1 amide bonds. The minimum Gasteiger partial charge on any atom is -0.399 e. The first-order chi connectivity index (χ1) is 10.2. The lowest BCUT2D eigenvalue weighted by atomic mass is 9.79. The van der Waals surface area contributed by atoms with Crippen LogP contribution in [0.2, 0.25) is 0 Å². The maximum Gasteiger partial charge on any atom is 0.244 e. The van der Waals surface area contributed by atoms with Gasteiger partial charge in [-0.3, -0.25) is 4.79 Å². The van der Waals surface area contributed by atoms with Crippen molar-refractivity contribution in [1.29, 1.82) is 0 Å². The van der Waals surface area contributed by atoms with Crippen molar-refractivity contribution in [3.8, 4) is 0 Å². The third-order valence-corrected chi connectivity index (χ3v) is 3.90. The molecule has 2 rings (SSSR count). The molecule has 0 radical (unpaired) electrons. The molecule has 1 heterocycles. The lowest BCUT2D eigenvalue weighted by Gasteiger charge is -2.46. The van der Waals surface area contributed by atoms with Gasteiger partial charge < -0.3 is 16.4 Å². The normalized spacial score (nSPS) is 20.9. The highest BCUT2D eigenvalue weighted by Gasteiger charge is 2.37. The first-order valence-corrected chi connectivity index (χ1v) is 7.79. The third kappa shape index (κ3) is 4.88. The molecular formula is C18H27N3O. The molecule has 120 valence electrons. The first-order valence-electron chi connectivity index (χ1n) is 7.79. The van der Waals surface area contributed by atoms with E-state index in [1.54, 1.807) is 6.08 Å². The number of nitrogen functional groups attached to an aromatic ring is 1. The molecule has 4 nitrogen and oxygen atoms in total. The van der Waals surface area contributed by atoms with Crippen LogP contribution in [0.1, 0.15) is 46.1 Å². The van der Waals surface area contributed by atoms with E-state index in [4.69, 9.17) is 5.73 Å². The fraction of sp³-hybridized carbons (Fsp3) is 0.500. The first kappa shape index (κ1) is 16.6. The molecule has 22 heavy (non-hydrogen) atoms. The molecule has 1 aromatic rings. The van der Waals surface area contributed by atoms with Crippen molar-refractivity contribution in [3.63, 3.8) is 0 Å². The Labute approximate surface area is 133 Å². The minimum atomic E-state index is -0.0460. The highest BCUT2D eigenvalue weighted by molar-refractivity contribution is 5.92. The Morgan fingerprint density at radius 3 is 2.27 bits per heavy atom. The topological polar surface area (TPSA) is 67.2 Å². The van der Waals surface area contributed by atoms with Crippen LogP contribution < -0.4 is 16.4 Å². The molecule has 4 N–H and O–H groups in total. The number of carbonyl (C=O) groups is 1. The van der Waals surface area contributed by atoms with Crippen molar-refractivity contribution < 1.29 is 4.79 Å². The fourth-order valence-electron chi connectivity index (χ4n) is 3.45. The molecule has 1 saturated heterocycles. The minimum absolute atomic E-state index is 0.0281. The number of nitrogens with one attached hydrogen (secondary N) is 2. The molecule has 0 spiro atoms. The number of hydrogen-bond acceptors (Lipinski definition) is 3. The van der Waals surface area contributed by atoms with Gasteiger partial charge in [0.15, 0.2) is 0 Å². The fourth-order valence-corrected chi connectivity index (χ4v) is 3.45. The number of piperidine rings is 1. The van der Waals surface area contributed by atoms with E-state index >= 15 is 0 Å². The summed E-state index contributed by atoms with van der Waals surface area (Å²) in [6.45, 7) is 8.71. The zero-order valence-corrected chi connectivity index (χ0v) is 13.9. The summed E-state index contributed by atoms with van der Waals surface area (Å²) < 4.78 is 0. The molecule has 4 heteroatoms. The van der Waals surface area contributed by atoms with Gasteiger partial charge in [-0.25, -0.2) is 0 Å². The Bertz CT molecular complexity index is 542. The number of benzene rings is 1. The monoisotopic (exact) mass is 301 g/mol. The van der Waals surface area contributed by atoms with Gasteiger partial charge in [0, 0.05) is 28.9 Å². The number of anilines is 1. The Morgan fingerprint density at radius 1 is 1.18 bits per heavy atom. The molecule has 0 unspecified atom stereocenters. The maximum atomic E-state index is 12.1. The number of hydrogen-bond donors (Lipinski definition) is 3. The van der Waals surface area contributed by atoms with Gasteiger partial charge in [-0.2, -0.15) is 0 Å². The second-order valence-corrected chi connectivity index (χ2v) is 7.51. The molecule has 0 atom stereocenters. The van der Waals surface area contributed by atoms with Gasteiger partial charge in [0.1, 0.15) is 0 Å². The number of rotatable bonds is 3. The van der Waals surface area contributed by atoms with Crippen LogP contribution in [0.4, 0.5) is 5.69 Å². The summed E-state index contributed by atoms with van der Waals surface area (Å²) in [4.78, 5) is 12.1. The van der Waals surface area contributed by atoms with E-state index < -0.39 is 0 Å². The number of carbonyl (C=O) groups excluding carboxylic acids is 1. The van der Waals surface area contributed by atoms with E-state index in [-0.39, 0.29) is 23.0 Å². The Hall–Kier alpha value is -1.81. The van der Waals surface area contributed by atoms with Crippen LogP contribution in [0.25, 0.3) is 6.08 Å². The molecular weight excluding hydrogens is 274 g/mol. The molecule has 1 fully saturated rings. The second kappa shape index (κ2) is 6.13. The molecule has 1 aliphatic heterocycles. The van der Waals surface area contributed by atoms with Crippen molar-refractivity contribution in [2.75, 3.05) is 5.73 Å². The highest BCUT2D eigenvalue weighted by Crippen LogP contribution is 2.28. The van der Waals surface area contributed by atoms with Crippen LogP contribution in [0, 0.1) is 0 Å². The Balaban J connectivity index is 1.95. The Kier molecular flexibility index (Phi) is 4.61. The molecule has 0 aliphatic carbocycles. The lowest BCUT2D eigenvalue weighted by molar-refractivity contribution is -0.117. The zero-order chi connectivity index (χ0) is 16.4. The van der Waals surface area contributed by atoms with Gasteiger partial charge in [0.2, 0.25) is 5.91 Å². The van der Waals surface area contributed by atoms with E-state index in [1.165, 1.54) is 0 Å². The van der Waals surface area contributed by atoms with Crippen LogP contribution in [0.15, 0.2) is 30.3 Å². The van der Waals surface area contributed by atoms with Crippen molar-refractivity contribution in [1.82, 2.24) is 10.6 Å². The van der Waals surface area contributed by atoms with E-state index in [9.17, 15) is 4.79 Å². The summed E-state index contributed by atoms with van der Waals surface area (Å²) in [5, 5.41) is 6.74. The summed E-state index contributed by atoms with van der Waals surface area (Å²) in [5.41, 5.74) is 7.39. The number of amides is 1. The van der Waals surface area contributed by atoms with Gasteiger partial charge in [-0.05, 0) is 64.3 Å². The summed E-state index contributed by atoms with van der Waals surface area (Å²) in [7, 11) is 0. The third-order valence-electron chi connectivity index (χ3n) is 3.90. The van der Waals surface area contributed by atoms with Crippen LogP contribution in [0.5, 0.6) is 0 Å². The predicted molar refractivity (Wildman–Crippen MR) is 92.3 cm³/mol. The SMILES string of the molecule is CC1(C)CC(NC(=O)/C=C/c2ccc(N)cc2)CC(C)(C)N1. The van der Waals surface area contributed by atoms with Gasteiger partial charge in [-0.15, -0.1) is 0 Å². The van der Waals surface area contributed by atoms with Crippen LogP contribution in [0.3, 0.4) is 0 Å². The summed E-state index contributed by atoms with van der Waals surface area (Å²) >= 11 is 0. The average Bonchev–Trinajstić information content (AvgIpc) is 2.34. The van der Waals surface area contributed by atoms with Gasteiger partial charge in [-0.1, -0.05) is 12.1 Å². The van der Waals surface area contributed by atoms with Crippen molar-refractivity contribution in [2.24, 2.45) is 0 Å². The lowest BCUT2D eigenvalue weighted by Crippen LogP contribution is -2.62. The largest absolute Gasteiger partial charge is 0.399 e. The second-order valence-electron chi connectivity index (χ2n) is 7.51. The zero-order valence-electron chi connectivity index (χ0n) is 13.9. The van der Waals surface area contributed by atoms with Crippen molar-refractivity contribution in [3.05, 3.63) is 35.9 Å². The molecule has 0 aromatic heterocycles. The van der Waals surface area contributed by atoms with Crippen LogP contribution in [-0.2, 0) is 4.79 Å². The average molecular weight is 301 g/mol. The van der Waals surface area contributed by atoms with E-state index in [0.29, 0.717) is 0 Å². The van der Waals surface area contributed by atoms with Gasteiger partial charge in [0.05, 0.1) is 0 Å². The van der Waals surface area contributed by atoms with E-state index in [0.717, 1.165) is 24.1 Å². The van der Waals surface area contributed by atoms with E-state index in [2.05, 4.69) is 38.3 Å². The Morgan fingerprint density at radius 2 is 1.73 bits per heavy atom. The van der Waals surface area contributed by atoms with Crippen LogP contribution in [-0.4, -0.2) is 23.0 Å². The molecule has 0 bridgehead atoms. The smallest absolute Gasteiger partial charge is 0.244 e. The maximum absolute atomic E-state index is 12.1. The molecule has 0 saturated carbocycles. The van der Waals surface area contributed by atoms with E-state index in [1.807, 2.05) is 30.3 Å². The standard InChI is InChI=1S/C18H27N3O/c1-17(2)11-15(12-18(3,4)21-17)20-16(22)10-7-13-5-8-14(19)9-6-13/h5-10,15,21H,11-12,19H2,1-4H3,(H,20,22)/b10-7+. The van der Waals surface area contributed by atoms with Crippen molar-refractivity contribution >= 4 is 17.7 Å².